The number of hydrogen-bond donors (Lipinski definition) is 3. The predicted molar refractivity (Wildman–Crippen MR) is 72.2 cm³/mol. The van der Waals surface area contributed by atoms with Crippen molar-refractivity contribution in [3.63, 3.8) is 0 Å². The Morgan fingerprint density at radius 3 is 2.47 bits per heavy atom. The third-order valence-corrected chi connectivity index (χ3v) is 2.22. The Labute approximate surface area is 112 Å². The van der Waals surface area contributed by atoms with Crippen LogP contribution in [0.2, 0.25) is 0 Å². The molecule has 0 spiro atoms. The normalized spacial score (nSPS) is 12.6. The summed E-state index contributed by atoms with van der Waals surface area (Å²) < 4.78 is 0. The fourth-order valence-corrected chi connectivity index (χ4v) is 1.40. The highest BCUT2D eigenvalue weighted by atomic mass is 16.4. The van der Waals surface area contributed by atoms with Crippen LogP contribution < -0.4 is 10.6 Å². The van der Waals surface area contributed by atoms with Gasteiger partial charge < -0.3 is 15.7 Å². The summed E-state index contributed by atoms with van der Waals surface area (Å²) in [6.45, 7) is 7.36. The van der Waals surface area contributed by atoms with Crippen molar-refractivity contribution in [3.05, 3.63) is 23.9 Å². The molecule has 19 heavy (non-hydrogen) atoms. The molecule has 0 aromatic carbocycles. The summed E-state index contributed by atoms with van der Waals surface area (Å²) in [5, 5.41) is 14.5. The summed E-state index contributed by atoms with van der Waals surface area (Å²) in [4.78, 5) is 26.6. The van der Waals surface area contributed by atoms with Crippen molar-refractivity contribution < 1.29 is 14.7 Å². The molecule has 0 saturated carbocycles. The van der Waals surface area contributed by atoms with Crippen LogP contribution in [0.25, 0.3) is 0 Å². The number of nitrogens with one attached hydrogen (secondary N) is 2. The van der Waals surface area contributed by atoms with Crippen LogP contribution in [0.1, 0.15) is 38.2 Å². The Morgan fingerprint density at radius 1 is 1.32 bits per heavy atom. The zero-order valence-electron chi connectivity index (χ0n) is 11.5. The lowest BCUT2D eigenvalue weighted by Gasteiger charge is -2.23. The molecule has 1 atom stereocenters. The summed E-state index contributed by atoms with van der Waals surface area (Å²) in [5.74, 6) is -0.915. The standard InChI is InChI=1S/C13H19N3O3/c1-8(11(17)16-13(2,3)4)14-10-7-5-6-9(15-10)12(18)19/h5-8H,1-4H3,(H,14,15)(H,16,17)(H,18,19). The van der Waals surface area contributed by atoms with Gasteiger partial charge >= 0.3 is 5.97 Å². The minimum Gasteiger partial charge on any atom is -0.477 e. The highest BCUT2D eigenvalue weighted by Crippen LogP contribution is 2.07. The fourth-order valence-electron chi connectivity index (χ4n) is 1.40. The van der Waals surface area contributed by atoms with Crippen LogP contribution in [0.15, 0.2) is 18.2 Å². The highest BCUT2D eigenvalue weighted by Gasteiger charge is 2.19. The van der Waals surface area contributed by atoms with Gasteiger partial charge in [0, 0.05) is 5.54 Å². The monoisotopic (exact) mass is 265 g/mol. The molecule has 1 aromatic rings. The van der Waals surface area contributed by atoms with Gasteiger partial charge in [-0.2, -0.15) is 0 Å². The highest BCUT2D eigenvalue weighted by molar-refractivity contribution is 5.86. The Balaban J connectivity index is 2.71. The molecule has 104 valence electrons. The van der Waals surface area contributed by atoms with Gasteiger partial charge in [-0.1, -0.05) is 6.07 Å². The number of hydrogen-bond acceptors (Lipinski definition) is 4. The molecule has 6 heteroatoms. The summed E-state index contributed by atoms with van der Waals surface area (Å²) in [6.07, 6.45) is 0. The van der Waals surface area contributed by atoms with Crippen molar-refractivity contribution in [2.75, 3.05) is 5.32 Å². The molecule has 0 aliphatic carbocycles. The SMILES string of the molecule is CC(Nc1cccc(C(=O)O)n1)C(=O)NC(C)(C)C. The van der Waals surface area contributed by atoms with E-state index in [1.165, 1.54) is 6.07 Å². The molecule has 0 radical (unpaired) electrons. The van der Waals surface area contributed by atoms with E-state index in [-0.39, 0.29) is 17.1 Å². The van der Waals surface area contributed by atoms with Crippen molar-refractivity contribution in [2.45, 2.75) is 39.3 Å². The maximum absolute atomic E-state index is 11.9. The van der Waals surface area contributed by atoms with Gasteiger partial charge in [0.15, 0.2) is 5.69 Å². The zero-order chi connectivity index (χ0) is 14.6. The summed E-state index contributed by atoms with van der Waals surface area (Å²) >= 11 is 0. The van der Waals surface area contributed by atoms with E-state index in [0.717, 1.165) is 0 Å². The number of rotatable bonds is 4. The van der Waals surface area contributed by atoms with Crippen LogP contribution >= 0.6 is 0 Å². The van der Waals surface area contributed by atoms with E-state index in [4.69, 9.17) is 5.11 Å². The first-order valence-electron chi connectivity index (χ1n) is 5.98. The second-order valence-corrected chi connectivity index (χ2v) is 5.32. The summed E-state index contributed by atoms with van der Waals surface area (Å²) in [7, 11) is 0. The smallest absolute Gasteiger partial charge is 0.354 e. The molecule has 1 rings (SSSR count). The number of anilines is 1. The van der Waals surface area contributed by atoms with Gasteiger partial charge in [-0.05, 0) is 39.8 Å². The summed E-state index contributed by atoms with van der Waals surface area (Å²) in [5.41, 5.74) is -0.378. The van der Waals surface area contributed by atoms with Crippen LogP contribution in [0.3, 0.4) is 0 Å². The van der Waals surface area contributed by atoms with Crippen molar-refractivity contribution in [1.29, 1.82) is 0 Å². The number of nitrogens with zero attached hydrogens (tertiary/aromatic N) is 1. The number of carbonyl (C=O) groups is 2. The van der Waals surface area contributed by atoms with Crippen LogP contribution in [0.4, 0.5) is 5.82 Å². The van der Waals surface area contributed by atoms with Gasteiger partial charge in [0.25, 0.3) is 0 Å². The van der Waals surface area contributed by atoms with E-state index in [1.54, 1.807) is 19.1 Å². The molecule has 1 unspecified atom stereocenters. The Morgan fingerprint density at radius 2 is 1.95 bits per heavy atom. The van der Waals surface area contributed by atoms with E-state index >= 15 is 0 Å². The third kappa shape index (κ3) is 4.95. The average Bonchev–Trinajstić information content (AvgIpc) is 2.27. The summed E-state index contributed by atoms with van der Waals surface area (Å²) in [6, 6.07) is 4.09. The lowest BCUT2D eigenvalue weighted by atomic mass is 10.1. The lowest BCUT2D eigenvalue weighted by Crippen LogP contribution is -2.47. The Hall–Kier alpha value is -2.11. The van der Waals surface area contributed by atoms with Gasteiger partial charge in [0.05, 0.1) is 0 Å². The minimum absolute atomic E-state index is 0.0616. The number of carbonyl (C=O) groups excluding carboxylic acids is 1. The molecule has 0 fully saturated rings. The molecular formula is C13H19N3O3. The molecular weight excluding hydrogens is 246 g/mol. The van der Waals surface area contributed by atoms with E-state index < -0.39 is 12.0 Å². The lowest BCUT2D eigenvalue weighted by molar-refractivity contribution is -0.122. The van der Waals surface area contributed by atoms with Crippen LogP contribution in [-0.2, 0) is 4.79 Å². The second kappa shape index (κ2) is 5.69. The largest absolute Gasteiger partial charge is 0.477 e. The number of carboxylic acids is 1. The molecule has 1 heterocycles. The number of aromatic carboxylic acids is 1. The van der Waals surface area contributed by atoms with Gasteiger partial charge in [-0.3, -0.25) is 4.79 Å². The average molecular weight is 265 g/mol. The first-order chi connectivity index (χ1) is 8.69. The molecule has 1 aromatic heterocycles. The zero-order valence-corrected chi connectivity index (χ0v) is 11.5. The van der Waals surface area contributed by atoms with Gasteiger partial charge in [-0.25, -0.2) is 9.78 Å². The molecule has 3 N–H and O–H groups in total. The van der Waals surface area contributed by atoms with Crippen molar-refractivity contribution in [2.24, 2.45) is 0 Å². The van der Waals surface area contributed by atoms with Crippen LogP contribution in [0.5, 0.6) is 0 Å². The maximum Gasteiger partial charge on any atom is 0.354 e. The van der Waals surface area contributed by atoms with E-state index in [1.807, 2.05) is 20.8 Å². The van der Waals surface area contributed by atoms with Gasteiger partial charge in [0.2, 0.25) is 5.91 Å². The molecule has 1 amide bonds. The Bertz CT molecular complexity index is 480. The molecule has 0 aliphatic rings. The third-order valence-electron chi connectivity index (χ3n) is 2.22. The Kier molecular flexibility index (Phi) is 4.47. The van der Waals surface area contributed by atoms with Crippen molar-refractivity contribution in [1.82, 2.24) is 10.3 Å². The fraction of sp³-hybridized carbons (Fsp3) is 0.462. The topological polar surface area (TPSA) is 91.3 Å². The van der Waals surface area contributed by atoms with Gasteiger partial charge in [0.1, 0.15) is 11.9 Å². The van der Waals surface area contributed by atoms with Gasteiger partial charge in [-0.15, -0.1) is 0 Å². The van der Waals surface area contributed by atoms with E-state index in [9.17, 15) is 9.59 Å². The maximum atomic E-state index is 11.9. The van der Waals surface area contributed by atoms with Crippen LogP contribution in [-0.4, -0.2) is 33.5 Å². The van der Waals surface area contributed by atoms with Crippen molar-refractivity contribution in [3.8, 4) is 0 Å². The second-order valence-electron chi connectivity index (χ2n) is 5.32. The first kappa shape index (κ1) is 14.9. The van der Waals surface area contributed by atoms with Crippen molar-refractivity contribution >= 4 is 17.7 Å². The van der Waals surface area contributed by atoms with E-state index in [2.05, 4.69) is 15.6 Å². The number of carboxylic acid groups (broad SMARTS) is 1. The number of pyridine rings is 1. The van der Waals surface area contributed by atoms with E-state index in [0.29, 0.717) is 5.82 Å². The molecule has 6 nitrogen and oxygen atoms in total. The molecule has 0 bridgehead atoms. The quantitative estimate of drug-likeness (QED) is 0.767. The predicted octanol–water partition coefficient (Wildman–Crippen LogP) is 1.49. The number of amides is 1. The molecule has 0 saturated heterocycles. The number of aromatic nitrogens is 1. The molecule has 0 aliphatic heterocycles. The minimum atomic E-state index is -1.10. The van der Waals surface area contributed by atoms with Crippen LogP contribution in [0, 0.1) is 0 Å². The first-order valence-corrected chi connectivity index (χ1v) is 5.98.